The second kappa shape index (κ2) is 7.44. The van der Waals surface area contributed by atoms with Gasteiger partial charge in [-0.2, -0.15) is 0 Å². The highest BCUT2D eigenvalue weighted by Gasteiger charge is 2.33. The molecule has 2 rings (SSSR count). The number of hydrogen-bond donors (Lipinski definition) is 2. The van der Waals surface area contributed by atoms with Crippen LogP contribution < -0.4 is 5.32 Å². The van der Waals surface area contributed by atoms with Crippen LogP contribution in [0, 0.1) is 11.6 Å². The predicted molar refractivity (Wildman–Crippen MR) is 85.5 cm³/mol. The molecule has 0 unspecified atom stereocenters. The third-order valence-corrected chi connectivity index (χ3v) is 3.77. The largest absolute Gasteiger partial charge is 0.444 e. The quantitative estimate of drug-likeness (QED) is 0.883. The number of nitrogens with zero attached hydrogens (tertiary/aromatic N) is 1. The van der Waals surface area contributed by atoms with Crippen LogP contribution in [0.2, 0.25) is 0 Å². The minimum atomic E-state index is -0.612. The van der Waals surface area contributed by atoms with Crippen LogP contribution in [0.1, 0.15) is 38.8 Å². The molecule has 1 heterocycles. The topological polar surface area (TPSA) is 61.8 Å². The number of carbonyl (C=O) groups is 1. The number of hydrogen-bond acceptors (Lipinski definition) is 4. The maximum Gasteiger partial charge on any atom is 0.407 e. The van der Waals surface area contributed by atoms with Gasteiger partial charge in [0.15, 0.2) is 0 Å². The summed E-state index contributed by atoms with van der Waals surface area (Å²) in [6.07, 6.45) is -0.817. The van der Waals surface area contributed by atoms with E-state index in [4.69, 9.17) is 4.74 Å². The number of carbonyl (C=O) groups excluding carboxylic acids is 1. The molecule has 2 N–H and O–H groups in total. The Morgan fingerprint density at radius 1 is 1.42 bits per heavy atom. The van der Waals surface area contributed by atoms with Crippen LogP contribution in [-0.4, -0.2) is 47.4 Å². The minimum Gasteiger partial charge on any atom is -0.444 e. The van der Waals surface area contributed by atoms with Crippen molar-refractivity contribution < 1.29 is 23.4 Å². The van der Waals surface area contributed by atoms with Gasteiger partial charge in [0.05, 0.1) is 6.10 Å². The Morgan fingerprint density at radius 3 is 2.79 bits per heavy atom. The second-order valence-electron chi connectivity index (χ2n) is 6.99. The molecule has 1 aromatic carbocycles. The summed E-state index contributed by atoms with van der Waals surface area (Å²) in [5.41, 5.74) is -0.356. The highest BCUT2D eigenvalue weighted by atomic mass is 19.1. The van der Waals surface area contributed by atoms with Crippen LogP contribution in [-0.2, 0) is 4.74 Å². The molecular formula is C17H24F2N2O3. The Kier molecular flexibility index (Phi) is 5.77. The van der Waals surface area contributed by atoms with Crippen LogP contribution in [0.15, 0.2) is 18.2 Å². The average molecular weight is 342 g/mol. The molecule has 2 atom stereocenters. The van der Waals surface area contributed by atoms with Gasteiger partial charge in [-0.05, 0) is 45.4 Å². The first-order chi connectivity index (χ1) is 11.2. The van der Waals surface area contributed by atoms with Crippen molar-refractivity contribution in [1.29, 1.82) is 0 Å². The van der Waals surface area contributed by atoms with Crippen LogP contribution in [0.25, 0.3) is 0 Å². The first-order valence-electron chi connectivity index (χ1n) is 7.99. The zero-order chi connectivity index (χ0) is 17.9. The number of amides is 1. The molecule has 0 saturated carbocycles. The van der Waals surface area contributed by atoms with Crippen molar-refractivity contribution in [2.24, 2.45) is 0 Å². The van der Waals surface area contributed by atoms with Crippen LogP contribution in [0.3, 0.4) is 0 Å². The molecule has 7 heteroatoms. The maximum atomic E-state index is 14.0. The van der Waals surface area contributed by atoms with E-state index in [0.717, 1.165) is 18.2 Å². The van der Waals surface area contributed by atoms with Gasteiger partial charge >= 0.3 is 6.09 Å². The minimum absolute atomic E-state index is 0.226. The molecule has 0 spiro atoms. The van der Waals surface area contributed by atoms with E-state index in [-0.39, 0.29) is 12.1 Å². The molecule has 1 amide bonds. The number of benzene rings is 1. The molecule has 134 valence electrons. The van der Waals surface area contributed by atoms with Gasteiger partial charge in [0.2, 0.25) is 0 Å². The number of nitrogens with one attached hydrogen (secondary N) is 1. The SMILES string of the molecule is CC(C)(C)OC(=O)NCCN1C[C@@H](O)C[C@@H]1c1cc(F)ccc1F. The monoisotopic (exact) mass is 342 g/mol. The van der Waals surface area contributed by atoms with Gasteiger partial charge in [-0.15, -0.1) is 0 Å². The Labute approximate surface area is 140 Å². The molecule has 1 fully saturated rings. The Morgan fingerprint density at radius 2 is 2.12 bits per heavy atom. The molecule has 5 nitrogen and oxygen atoms in total. The smallest absolute Gasteiger partial charge is 0.407 e. The zero-order valence-corrected chi connectivity index (χ0v) is 14.2. The number of β-amino-alcohol motifs (C(OH)–C–C–N with tert-alkyl or cyclic N) is 1. The second-order valence-corrected chi connectivity index (χ2v) is 6.99. The molecule has 0 radical (unpaired) electrons. The molecule has 1 aromatic rings. The number of aliphatic hydroxyl groups excluding tert-OH is 1. The van der Waals surface area contributed by atoms with Gasteiger partial charge in [-0.3, -0.25) is 4.90 Å². The van der Waals surface area contributed by atoms with E-state index in [2.05, 4.69) is 5.32 Å². The molecule has 1 aliphatic heterocycles. The average Bonchev–Trinajstić information content (AvgIpc) is 2.80. The molecule has 0 aliphatic carbocycles. The third-order valence-electron chi connectivity index (χ3n) is 3.77. The predicted octanol–water partition coefficient (Wildman–Crippen LogP) is 2.60. The van der Waals surface area contributed by atoms with Gasteiger partial charge < -0.3 is 15.2 Å². The number of alkyl carbamates (subject to hydrolysis) is 1. The Balaban J connectivity index is 1.96. The van der Waals surface area contributed by atoms with Crippen molar-refractivity contribution in [2.75, 3.05) is 19.6 Å². The van der Waals surface area contributed by atoms with E-state index in [0.29, 0.717) is 19.5 Å². The van der Waals surface area contributed by atoms with E-state index in [9.17, 15) is 18.7 Å². The number of ether oxygens (including phenoxy) is 1. The van der Waals surface area contributed by atoms with Crippen molar-refractivity contribution in [3.05, 3.63) is 35.4 Å². The lowest BCUT2D eigenvalue weighted by atomic mass is 10.0. The molecule has 0 bridgehead atoms. The normalized spacial score (nSPS) is 21.8. The summed E-state index contributed by atoms with van der Waals surface area (Å²) in [6.45, 7) is 6.34. The van der Waals surface area contributed by atoms with Crippen molar-refractivity contribution in [3.63, 3.8) is 0 Å². The van der Waals surface area contributed by atoms with Gasteiger partial charge in [-0.25, -0.2) is 13.6 Å². The highest BCUT2D eigenvalue weighted by Crippen LogP contribution is 2.33. The van der Waals surface area contributed by atoms with Gasteiger partial charge in [0.1, 0.15) is 17.2 Å². The van der Waals surface area contributed by atoms with Gasteiger partial charge in [0, 0.05) is 31.2 Å². The lowest BCUT2D eigenvalue weighted by molar-refractivity contribution is 0.0520. The van der Waals surface area contributed by atoms with Gasteiger partial charge in [0.25, 0.3) is 0 Å². The standard InChI is InChI=1S/C17H24F2N2O3/c1-17(2,3)24-16(23)20-6-7-21-10-12(22)9-15(21)13-8-11(18)4-5-14(13)19/h4-5,8,12,15,22H,6-7,9-10H2,1-3H3,(H,20,23)/t12-,15+/m0/s1. The molecule has 1 aliphatic rings. The van der Waals surface area contributed by atoms with Crippen LogP contribution in [0.5, 0.6) is 0 Å². The fourth-order valence-electron chi connectivity index (χ4n) is 2.84. The van der Waals surface area contributed by atoms with E-state index < -0.39 is 35.5 Å². The zero-order valence-electron chi connectivity index (χ0n) is 14.2. The summed E-state index contributed by atoms with van der Waals surface area (Å²) >= 11 is 0. The lowest BCUT2D eigenvalue weighted by Gasteiger charge is -2.25. The summed E-state index contributed by atoms with van der Waals surface area (Å²) in [6, 6.07) is 2.90. The first kappa shape index (κ1) is 18.6. The molecular weight excluding hydrogens is 318 g/mol. The summed E-state index contributed by atoms with van der Waals surface area (Å²) in [5.74, 6) is -1.01. The number of aliphatic hydroxyl groups is 1. The van der Waals surface area contributed by atoms with Crippen molar-refractivity contribution in [3.8, 4) is 0 Å². The van der Waals surface area contributed by atoms with E-state index in [1.807, 2.05) is 4.90 Å². The summed E-state index contributed by atoms with van der Waals surface area (Å²) in [7, 11) is 0. The van der Waals surface area contributed by atoms with E-state index in [1.165, 1.54) is 0 Å². The van der Waals surface area contributed by atoms with E-state index >= 15 is 0 Å². The lowest BCUT2D eigenvalue weighted by Crippen LogP contribution is -2.38. The molecule has 0 aromatic heterocycles. The Hall–Kier alpha value is -1.73. The number of halogens is 2. The van der Waals surface area contributed by atoms with Crippen LogP contribution >= 0.6 is 0 Å². The number of rotatable bonds is 4. The van der Waals surface area contributed by atoms with Crippen molar-refractivity contribution in [1.82, 2.24) is 10.2 Å². The van der Waals surface area contributed by atoms with Crippen molar-refractivity contribution >= 4 is 6.09 Å². The van der Waals surface area contributed by atoms with Gasteiger partial charge in [-0.1, -0.05) is 0 Å². The molecule has 24 heavy (non-hydrogen) atoms. The summed E-state index contributed by atoms with van der Waals surface area (Å²) < 4.78 is 32.6. The van der Waals surface area contributed by atoms with Crippen molar-refractivity contribution in [2.45, 2.75) is 44.9 Å². The number of likely N-dealkylation sites (tertiary alicyclic amines) is 1. The Bertz CT molecular complexity index is 590. The summed E-state index contributed by atoms with van der Waals surface area (Å²) in [5, 5.41) is 12.5. The fraction of sp³-hybridized carbons (Fsp3) is 0.588. The third kappa shape index (κ3) is 5.14. The molecule has 1 saturated heterocycles. The highest BCUT2D eigenvalue weighted by molar-refractivity contribution is 5.67. The summed E-state index contributed by atoms with van der Waals surface area (Å²) in [4.78, 5) is 13.5. The fourth-order valence-corrected chi connectivity index (χ4v) is 2.84. The maximum absolute atomic E-state index is 14.0. The van der Waals surface area contributed by atoms with E-state index in [1.54, 1.807) is 20.8 Å². The van der Waals surface area contributed by atoms with Crippen LogP contribution in [0.4, 0.5) is 13.6 Å². The first-order valence-corrected chi connectivity index (χ1v) is 7.99.